The maximum absolute atomic E-state index is 12.3. The Balaban J connectivity index is 1.70. The lowest BCUT2D eigenvalue weighted by atomic mass is 10.1. The van der Waals surface area contributed by atoms with E-state index in [1.807, 2.05) is 23.1 Å². The molecule has 0 unspecified atom stereocenters. The van der Waals surface area contributed by atoms with Crippen LogP contribution in [0.15, 0.2) is 18.2 Å². The van der Waals surface area contributed by atoms with Gasteiger partial charge < -0.3 is 19.1 Å². The lowest BCUT2D eigenvalue weighted by Crippen LogP contribution is -2.42. The third-order valence-electron chi connectivity index (χ3n) is 4.42. The summed E-state index contributed by atoms with van der Waals surface area (Å²) in [5, 5.41) is 0.0401. The molecule has 0 N–H and O–H groups in total. The fourth-order valence-electron chi connectivity index (χ4n) is 3.05. The molecule has 6 nitrogen and oxygen atoms in total. The molecule has 2 aliphatic heterocycles. The molecule has 2 saturated heterocycles. The molecule has 1 aromatic carbocycles. The maximum atomic E-state index is 12.3. The Labute approximate surface area is 147 Å². The molecule has 0 saturated carbocycles. The van der Waals surface area contributed by atoms with Crippen molar-refractivity contribution in [1.82, 2.24) is 9.80 Å². The number of thioether (sulfide) groups is 1. The molecule has 1 amide bonds. The van der Waals surface area contributed by atoms with E-state index >= 15 is 0 Å². The molecule has 24 heavy (non-hydrogen) atoms. The second kappa shape index (κ2) is 8.09. The molecule has 0 aromatic heterocycles. The average molecular weight is 352 g/mol. The van der Waals surface area contributed by atoms with Crippen molar-refractivity contribution in [2.24, 2.45) is 0 Å². The molecule has 2 fully saturated rings. The molecule has 2 aliphatic rings. The fraction of sp³-hybridized carbons (Fsp3) is 0.588. The maximum Gasteiger partial charge on any atom is 0.233 e. The molecule has 1 aromatic rings. The van der Waals surface area contributed by atoms with Crippen LogP contribution < -0.4 is 9.47 Å². The van der Waals surface area contributed by atoms with Crippen molar-refractivity contribution in [2.75, 3.05) is 59.4 Å². The Kier molecular flexibility index (Phi) is 5.86. The second-order valence-corrected chi connectivity index (χ2v) is 6.89. The zero-order valence-electron chi connectivity index (χ0n) is 14.2. The highest BCUT2D eigenvalue weighted by atomic mass is 32.2. The average Bonchev–Trinajstić information content (AvgIpc) is 3.00. The van der Waals surface area contributed by atoms with E-state index in [0.29, 0.717) is 17.3 Å². The van der Waals surface area contributed by atoms with E-state index in [2.05, 4.69) is 4.90 Å². The first-order valence-electron chi connectivity index (χ1n) is 8.16. The van der Waals surface area contributed by atoms with Crippen molar-refractivity contribution in [1.29, 1.82) is 0 Å². The number of methoxy groups -OCH3 is 2. The topological polar surface area (TPSA) is 51.2 Å². The van der Waals surface area contributed by atoms with Gasteiger partial charge in [-0.2, -0.15) is 0 Å². The van der Waals surface area contributed by atoms with Crippen molar-refractivity contribution in [2.45, 2.75) is 5.37 Å². The molecule has 0 aliphatic carbocycles. The third-order valence-corrected chi connectivity index (χ3v) is 5.68. The minimum absolute atomic E-state index is 0.0401. The van der Waals surface area contributed by atoms with E-state index in [0.717, 1.165) is 45.0 Å². The number of hydrogen-bond acceptors (Lipinski definition) is 6. The molecule has 0 radical (unpaired) electrons. The van der Waals surface area contributed by atoms with Gasteiger partial charge in [-0.25, -0.2) is 0 Å². The van der Waals surface area contributed by atoms with E-state index in [4.69, 9.17) is 14.2 Å². The monoisotopic (exact) mass is 352 g/mol. The van der Waals surface area contributed by atoms with Gasteiger partial charge in [0.1, 0.15) is 5.37 Å². The summed E-state index contributed by atoms with van der Waals surface area (Å²) < 4.78 is 16.1. The predicted octanol–water partition coefficient (Wildman–Crippen LogP) is 1.61. The van der Waals surface area contributed by atoms with Crippen LogP contribution in [0.4, 0.5) is 0 Å². The van der Waals surface area contributed by atoms with Gasteiger partial charge in [0.2, 0.25) is 5.91 Å². The number of hydrogen-bond donors (Lipinski definition) is 0. The van der Waals surface area contributed by atoms with Crippen LogP contribution in [0.1, 0.15) is 10.9 Å². The number of rotatable bonds is 6. The fourth-order valence-corrected chi connectivity index (χ4v) is 4.26. The van der Waals surface area contributed by atoms with Crippen LogP contribution >= 0.6 is 11.8 Å². The molecule has 7 heteroatoms. The summed E-state index contributed by atoms with van der Waals surface area (Å²) in [6.07, 6.45) is 0. The molecule has 3 rings (SSSR count). The molecular weight excluding hydrogens is 328 g/mol. The summed E-state index contributed by atoms with van der Waals surface area (Å²) in [4.78, 5) is 16.6. The van der Waals surface area contributed by atoms with Gasteiger partial charge in [0.25, 0.3) is 0 Å². The Bertz CT molecular complexity index is 578. The van der Waals surface area contributed by atoms with Crippen LogP contribution in [0.5, 0.6) is 11.5 Å². The number of amides is 1. The summed E-state index contributed by atoms with van der Waals surface area (Å²) in [6, 6.07) is 5.88. The summed E-state index contributed by atoms with van der Waals surface area (Å²) >= 11 is 1.67. The molecule has 132 valence electrons. The van der Waals surface area contributed by atoms with Gasteiger partial charge in [0.15, 0.2) is 11.5 Å². The molecule has 1 atom stereocenters. The number of benzene rings is 1. The van der Waals surface area contributed by atoms with Gasteiger partial charge in [-0.15, -0.1) is 11.8 Å². The number of carbonyl (C=O) groups excluding carboxylic acids is 1. The smallest absolute Gasteiger partial charge is 0.233 e. The number of nitrogens with zero attached hydrogens (tertiary/aromatic N) is 2. The standard InChI is InChI=1S/C17H24N2O4S/c1-21-14-4-3-13(11-15(14)22-2)17-19(16(20)12-24-17)6-5-18-7-9-23-10-8-18/h3-4,11,17H,5-10,12H2,1-2H3/t17-/m0/s1. The van der Waals surface area contributed by atoms with Crippen molar-refractivity contribution < 1.29 is 19.0 Å². The van der Waals surface area contributed by atoms with Gasteiger partial charge in [0, 0.05) is 26.2 Å². The first kappa shape index (κ1) is 17.4. The van der Waals surface area contributed by atoms with Gasteiger partial charge in [-0.05, 0) is 17.7 Å². The SMILES string of the molecule is COc1ccc([C@@H]2SCC(=O)N2CCN2CCOCC2)cc1OC. The van der Waals surface area contributed by atoms with Crippen molar-refractivity contribution >= 4 is 17.7 Å². The highest BCUT2D eigenvalue weighted by molar-refractivity contribution is 8.00. The molecular formula is C17H24N2O4S. The Hall–Kier alpha value is -1.44. The van der Waals surface area contributed by atoms with Crippen LogP contribution in [-0.2, 0) is 9.53 Å². The first-order valence-corrected chi connectivity index (χ1v) is 9.21. The Morgan fingerprint density at radius 1 is 1.17 bits per heavy atom. The van der Waals surface area contributed by atoms with E-state index in [1.54, 1.807) is 26.0 Å². The normalized spacial score (nSPS) is 22.0. The van der Waals surface area contributed by atoms with Crippen LogP contribution in [-0.4, -0.2) is 75.1 Å². The highest BCUT2D eigenvalue weighted by Gasteiger charge is 2.33. The molecule has 0 spiro atoms. The van der Waals surface area contributed by atoms with Gasteiger partial charge in [-0.3, -0.25) is 9.69 Å². The van der Waals surface area contributed by atoms with Crippen LogP contribution in [0.2, 0.25) is 0 Å². The van der Waals surface area contributed by atoms with E-state index < -0.39 is 0 Å². The van der Waals surface area contributed by atoms with Gasteiger partial charge in [-0.1, -0.05) is 6.07 Å². The lowest BCUT2D eigenvalue weighted by Gasteiger charge is -2.30. The lowest BCUT2D eigenvalue weighted by molar-refractivity contribution is -0.128. The van der Waals surface area contributed by atoms with E-state index in [-0.39, 0.29) is 11.3 Å². The zero-order chi connectivity index (χ0) is 16.9. The minimum atomic E-state index is 0.0401. The Morgan fingerprint density at radius 2 is 1.92 bits per heavy atom. The highest BCUT2D eigenvalue weighted by Crippen LogP contribution is 2.41. The largest absolute Gasteiger partial charge is 0.493 e. The van der Waals surface area contributed by atoms with Crippen LogP contribution in [0.3, 0.4) is 0 Å². The van der Waals surface area contributed by atoms with Crippen molar-refractivity contribution in [3.63, 3.8) is 0 Å². The van der Waals surface area contributed by atoms with Gasteiger partial charge >= 0.3 is 0 Å². The minimum Gasteiger partial charge on any atom is -0.493 e. The van der Waals surface area contributed by atoms with E-state index in [1.165, 1.54) is 0 Å². The second-order valence-electron chi connectivity index (χ2n) is 5.82. The molecule has 0 bridgehead atoms. The third kappa shape index (κ3) is 3.79. The number of ether oxygens (including phenoxy) is 3. The van der Waals surface area contributed by atoms with E-state index in [9.17, 15) is 4.79 Å². The van der Waals surface area contributed by atoms with Crippen molar-refractivity contribution in [3.05, 3.63) is 23.8 Å². The Morgan fingerprint density at radius 3 is 2.62 bits per heavy atom. The summed E-state index contributed by atoms with van der Waals surface area (Å²) in [7, 11) is 3.25. The summed E-state index contributed by atoms with van der Waals surface area (Å²) in [6.45, 7) is 5.07. The summed E-state index contributed by atoms with van der Waals surface area (Å²) in [5.41, 5.74) is 1.07. The quantitative estimate of drug-likeness (QED) is 0.775. The summed E-state index contributed by atoms with van der Waals surface area (Å²) in [5.74, 6) is 2.13. The van der Waals surface area contributed by atoms with Crippen LogP contribution in [0, 0.1) is 0 Å². The van der Waals surface area contributed by atoms with Crippen molar-refractivity contribution in [3.8, 4) is 11.5 Å². The zero-order valence-corrected chi connectivity index (χ0v) is 15.0. The first-order chi connectivity index (χ1) is 11.7. The molecule has 2 heterocycles. The van der Waals surface area contributed by atoms with Gasteiger partial charge in [0.05, 0.1) is 33.2 Å². The number of morpholine rings is 1. The number of carbonyl (C=O) groups is 1. The van der Waals surface area contributed by atoms with Crippen LogP contribution in [0.25, 0.3) is 0 Å². The predicted molar refractivity (Wildman–Crippen MR) is 93.7 cm³/mol.